The summed E-state index contributed by atoms with van der Waals surface area (Å²) in [5.74, 6) is -0.358. The van der Waals surface area contributed by atoms with Crippen LogP contribution in [0.2, 0.25) is 0 Å². The van der Waals surface area contributed by atoms with E-state index in [-0.39, 0.29) is 0 Å². The smallest absolute Gasteiger partial charge is 0.335 e. The summed E-state index contributed by atoms with van der Waals surface area (Å²) in [6, 6.07) is 5.46. The second-order valence-electron chi connectivity index (χ2n) is 3.70. The van der Waals surface area contributed by atoms with Crippen molar-refractivity contribution < 1.29 is 9.90 Å². The molecule has 0 atom stereocenters. The average Bonchev–Trinajstić information content (AvgIpc) is 2.01. The summed E-state index contributed by atoms with van der Waals surface area (Å²) in [6.07, 6.45) is 0.818. The van der Waals surface area contributed by atoms with Crippen molar-refractivity contribution in [2.24, 2.45) is 5.92 Å². The van der Waals surface area contributed by atoms with Crippen LogP contribution < -0.4 is 0 Å². The lowest BCUT2D eigenvalue weighted by Crippen LogP contribution is -2.05. The molecule has 0 spiro atoms. The Kier molecular flexibility index (Phi) is 3.92. The number of carbonyl (C=O) groups is 1. The molecule has 0 unspecified atom stereocenters. The summed E-state index contributed by atoms with van der Waals surface area (Å²) in [7, 11) is 0. The van der Waals surface area contributed by atoms with Crippen LogP contribution >= 0.6 is 22.6 Å². The quantitative estimate of drug-likeness (QED) is 0.871. The predicted molar refractivity (Wildman–Crippen MR) is 64.7 cm³/mol. The number of rotatable bonds is 3. The van der Waals surface area contributed by atoms with Crippen molar-refractivity contribution in [1.29, 1.82) is 0 Å². The number of benzene rings is 1. The van der Waals surface area contributed by atoms with Crippen molar-refractivity contribution in [3.63, 3.8) is 0 Å². The van der Waals surface area contributed by atoms with E-state index in [2.05, 4.69) is 36.4 Å². The van der Waals surface area contributed by atoms with E-state index in [1.165, 1.54) is 0 Å². The topological polar surface area (TPSA) is 37.3 Å². The van der Waals surface area contributed by atoms with Crippen LogP contribution in [0.25, 0.3) is 0 Å². The molecular formula is C11H13IO2. The molecule has 0 amide bonds. The summed E-state index contributed by atoms with van der Waals surface area (Å²) in [4.78, 5) is 10.9. The van der Waals surface area contributed by atoms with E-state index in [9.17, 15) is 4.79 Å². The third kappa shape index (κ3) is 2.97. The molecule has 0 aliphatic rings. The first kappa shape index (κ1) is 11.5. The molecule has 14 heavy (non-hydrogen) atoms. The maximum atomic E-state index is 10.9. The maximum absolute atomic E-state index is 10.9. The molecule has 0 fully saturated rings. The molecular weight excluding hydrogens is 291 g/mol. The Hall–Kier alpha value is -0.580. The highest BCUT2D eigenvalue weighted by Gasteiger charge is 2.10. The van der Waals surface area contributed by atoms with Crippen LogP contribution in [-0.2, 0) is 6.42 Å². The largest absolute Gasteiger partial charge is 0.478 e. The van der Waals surface area contributed by atoms with Gasteiger partial charge in [0.1, 0.15) is 0 Å². The third-order valence-electron chi connectivity index (χ3n) is 1.93. The van der Waals surface area contributed by atoms with Crippen LogP contribution in [0.3, 0.4) is 0 Å². The number of hydrogen-bond acceptors (Lipinski definition) is 1. The molecule has 0 aliphatic carbocycles. The minimum absolute atomic E-state index is 0.430. The van der Waals surface area contributed by atoms with Gasteiger partial charge in [0.05, 0.1) is 5.56 Å². The van der Waals surface area contributed by atoms with Crippen molar-refractivity contribution in [3.8, 4) is 0 Å². The van der Waals surface area contributed by atoms with E-state index in [1.807, 2.05) is 12.1 Å². The molecule has 1 rings (SSSR count). The predicted octanol–water partition coefficient (Wildman–Crippen LogP) is 3.19. The van der Waals surface area contributed by atoms with Crippen molar-refractivity contribution in [2.75, 3.05) is 0 Å². The third-order valence-corrected chi connectivity index (χ3v) is 2.60. The zero-order chi connectivity index (χ0) is 10.7. The number of carboxylic acids is 1. The lowest BCUT2D eigenvalue weighted by Gasteiger charge is -2.08. The van der Waals surface area contributed by atoms with Crippen LogP contribution in [-0.4, -0.2) is 11.1 Å². The van der Waals surface area contributed by atoms with Gasteiger partial charge in [0.25, 0.3) is 0 Å². The lowest BCUT2D eigenvalue weighted by molar-refractivity contribution is 0.0695. The first-order chi connectivity index (χ1) is 6.50. The van der Waals surface area contributed by atoms with Gasteiger partial charge in [0.2, 0.25) is 0 Å². The Morgan fingerprint density at radius 1 is 1.50 bits per heavy atom. The van der Waals surface area contributed by atoms with Gasteiger partial charge in [0, 0.05) is 3.57 Å². The average molecular weight is 304 g/mol. The van der Waals surface area contributed by atoms with E-state index in [4.69, 9.17) is 5.11 Å². The van der Waals surface area contributed by atoms with E-state index in [0.717, 1.165) is 15.6 Å². The van der Waals surface area contributed by atoms with E-state index < -0.39 is 5.97 Å². The first-order valence-electron chi connectivity index (χ1n) is 4.52. The normalized spacial score (nSPS) is 10.6. The molecule has 0 bridgehead atoms. The molecule has 3 heteroatoms. The molecule has 0 radical (unpaired) electrons. The zero-order valence-electron chi connectivity index (χ0n) is 8.25. The Bertz CT molecular complexity index is 345. The van der Waals surface area contributed by atoms with Gasteiger partial charge in [-0.2, -0.15) is 0 Å². The van der Waals surface area contributed by atoms with E-state index in [1.54, 1.807) is 6.07 Å². The van der Waals surface area contributed by atoms with Crippen LogP contribution in [0, 0.1) is 9.49 Å². The fourth-order valence-corrected chi connectivity index (χ4v) is 1.94. The van der Waals surface area contributed by atoms with Crippen molar-refractivity contribution in [2.45, 2.75) is 20.3 Å². The lowest BCUT2D eigenvalue weighted by atomic mass is 9.98. The number of aromatic carboxylic acids is 1. The zero-order valence-corrected chi connectivity index (χ0v) is 10.4. The molecule has 0 saturated carbocycles. The Labute approximate surface area is 97.5 Å². The molecule has 0 saturated heterocycles. The van der Waals surface area contributed by atoms with Crippen LogP contribution in [0.15, 0.2) is 18.2 Å². The standard InChI is InChI=1S/C11H13IO2/c1-7(2)5-8-6-9(12)3-4-10(8)11(13)14/h3-4,6-7H,5H2,1-2H3,(H,13,14). The maximum Gasteiger partial charge on any atom is 0.335 e. The fraction of sp³-hybridized carbons (Fsp3) is 0.364. The van der Waals surface area contributed by atoms with E-state index in [0.29, 0.717) is 11.5 Å². The monoisotopic (exact) mass is 304 g/mol. The van der Waals surface area contributed by atoms with Gasteiger partial charge in [-0.25, -0.2) is 4.79 Å². The Morgan fingerprint density at radius 3 is 2.64 bits per heavy atom. The first-order valence-corrected chi connectivity index (χ1v) is 5.60. The SMILES string of the molecule is CC(C)Cc1cc(I)ccc1C(=O)O. The van der Waals surface area contributed by atoms with Gasteiger partial charge in [-0.05, 0) is 58.7 Å². The minimum atomic E-state index is -0.836. The summed E-state index contributed by atoms with van der Waals surface area (Å²) in [5.41, 5.74) is 1.36. The molecule has 0 heterocycles. The second-order valence-corrected chi connectivity index (χ2v) is 4.95. The van der Waals surface area contributed by atoms with Gasteiger partial charge < -0.3 is 5.11 Å². The van der Waals surface area contributed by atoms with Crippen molar-refractivity contribution in [1.82, 2.24) is 0 Å². The van der Waals surface area contributed by atoms with Gasteiger partial charge in [-0.3, -0.25) is 0 Å². The minimum Gasteiger partial charge on any atom is -0.478 e. The van der Waals surface area contributed by atoms with Crippen LogP contribution in [0.5, 0.6) is 0 Å². The van der Waals surface area contributed by atoms with Crippen LogP contribution in [0.4, 0.5) is 0 Å². The molecule has 2 nitrogen and oxygen atoms in total. The summed E-state index contributed by atoms with van der Waals surface area (Å²) < 4.78 is 1.09. The Balaban J connectivity index is 3.09. The Morgan fingerprint density at radius 2 is 2.14 bits per heavy atom. The van der Waals surface area contributed by atoms with Gasteiger partial charge in [-0.1, -0.05) is 13.8 Å². The fourth-order valence-electron chi connectivity index (χ4n) is 1.38. The molecule has 0 aromatic heterocycles. The highest BCUT2D eigenvalue weighted by molar-refractivity contribution is 14.1. The van der Waals surface area contributed by atoms with Crippen molar-refractivity contribution in [3.05, 3.63) is 32.9 Å². The molecule has 1 N–H and O–H groups in total. The summed E-state index contributed by atoms with van der Waals surface area (Å²) >= 11 is 2.20. The molecule has 1 aromatic carbocycles. The summed E-state index contributed by atoms with van der Waals surface area (Å²) in [6.45, 7) is 4.18. The summed E-state index contributed by atoms with van der Waals surface area (Å²) in [5, 5.41) is 8.97. The molecule has 0 aliphatic heterocycles. The number of hydrogen-bond donors (Lipinski definition) is 1. The van der Waals surface area contributed by atoms with Crippen molar-refractivity contribution >= 4 is 28.6 Å². The van der Waals surface area contributed by atoms with Gasteiger partial charge in [-0.15, -0.1) is 0 Å². The molecule has 76 valence electrons. The number of carboxylic acid groups (broad SMARTS) is 1. The van der Waals surface area contributed by atoms with Gasteiger partial charge in [0.15, 0.2) is 0 Å². The van der Waals surface area contributed by atoms with Crippen LogP contribution in [0.1, 0.15) is 29.8 Å². The van der Waals surface area contributed by atoms with Gasteiger partial charge >= 0.3 is 5.97 Å². The van der Waals surface area contributed by atoms with E-state index >= 15 is 0 Å². The highest BCUT2D eigenvalue weighted by atomic mass is 127. The second kappa shape index (κ2) is 4.77. The number of halogens is 1. The molecule has 1 aromatic rings. The highest BCUT2D eigenvalue weighted by Crippen LogP contribution is 2.17.